The molecule has 0 unspecified atom stereocenters. The minimum atomic E-state index is -4.50. The fourth-order valence-corrected chi connectivity index (χ4v) is 2.40. The molecule has 0 saturated carbocycles. The van der Waals surface area contributed by atoms with Gasteiger partial charge >= 0.3 is 6.18 Å². The van der Waals surface area contributed by atoms with E-state index in [4.69, 9.17) is 0 Å². The molecule has 0 aliphatic carbocycles. The van der Waals surface area contributed by atoms with Crippen LogP contribution in [0.15, 0.2) is 59.7 Å². The van der Waals surface area contributed by atoms with Gasteiger partial charge in [-0.25, -0.2) is 5.43 Å². The molecule has 0 aliphatic rings. The Kier molecular flexibility index (Phi) is 5.07. The fourth-order valence-electron chi connectivity index (χ4n) is 2.40. The molecule has 3 aromatic rings. The van der Waals surface area contributed by atoms with Crippen molar-refractivity contribution in [2.75, 3.05) is 0 Å². The number of rotatable bonds is 4. The molecular weight excluding hydrogens is 357 g/mol. The van der Waals surface area contributed by atoms with Crippen LogP contribution in [0.1, 0.15) is 27.2 Å². The first kappa shape index (κ1) is 18.4. The lowest BCUT2D eigenvalue weighted by Gasteiger charge is -2.09. The van der Waals surface area contributed by atoms with Gasteiger partial charge in [0.15, 0.2) is 0 Å². The van der Waals surface area contributed by atoms with Crippen LogP contribution < -0.4 is 5.43 Å². The van der Waals surface area contributed by atoms with Gasteiger partial charge in [0.05, 0.1) is 17.5 Å². The molecule has 1 heterocycles. The van der Waals surface area contributed by atoms with Crippen LogP contribution in [-0.4, -0.2) is 22.3 Å². The zero-order chi connectivity index (χ0) is 19.4. The Balaban J connectivity index is 1.70. The van der Waals surface area contributed by atoms with Crippen LogP contribution in [0.2, 0.25) is 0 Å². The van der Waals surface area contributed by atoms with E-state index in [1.807, 2.05) is 31.2 Å². The monoisotopic (exact) mass is 372 g/mol. The molecular formula is C19H15F3N4O. The molecule has 138 valence electrons. The van der Waals surface area contributed by atoms with Crippen molar-refractivity contribution in [1.82, 2.24) is 15.6 Å². The van der Waals surface area contributed by atoms with Gasteiger partial charge in [0.25, 0.3) is 5.91 Å². The van der Waals surface area contributed by atoms with E-state index in [0.717, 1.165) is 23.4 Å². The van der Waals surface area contributed by atoms with E-state index in [1.54, 1.807) is 6.07 Å². The van der Waals surface area contributed by atoms with Crippen LogP contribution in [-0.2, 0) is 6.18 Å². The third-order valence-corrected chi connectivity index (χ3v) is 3.81. The molecule has 0 saturated heterocycles. The first-order valence-electron chi connectivity index (χ1n) is 7.96. The summed E-state index contributed by atoms with van der Waals surface area (Å²) in [5.74, 6) is -0.610. The highest BCUT2D eigenvalue weighted by Gasteiger charge is 2.32. The molecule has 0 fully saturated rings. The highest BCUT2D eigenvalue weighted by atomic mass is 19.4. The number of hydrazone groups is 1. The second-order valence-electron chi connectivity index (χ2n) is 5.82. The molecule has 0 aliphatic heterocycles. The molecule has 27 heavy (non-hydrogen) atoms. The zero-order valence-electron chi connectivity index (χ0n) is 14.2. The second kappa shape index (κ2) is 7.45. The quantitative estimate of drug-likeness (QED) is 0.533. The highest BCUT2D eigenvalue weighted by Crippen LogP contribution is 2.31. The number of hydrogen-bond donors (Lipinski definition) is 2. The van der Waals surface area contributed by atoms with E-state index in [0.29, 0.717) is 5.69 Å². The predicted octanol–water partition coefficient (Wildman–Crippen LogP) is 4.17. The SMILES string of the molecule is Cc1ccc(-c2cc(C(=O)N/N=C/c3ccccc3C(F)(F)F)[nH]n2)cc1. The summed E-state index contributed by atoms with van der Waals surface area (Å²) < 4.78 is 38.8. The van der Waals surface area contributed by atoms with Gasteiger partial charge in [0, 0.05) is 11.1 Å². The number of amides is 1. The number of carbonyl (C=O) groups excluding carboxylic acids is 1. The number of aromatic nitrogens is 2. The summed E-state index contributed by atoms with van der Waals surface area (Å²) in [6, 6.07) is 14.1. The third kappa shape index (κ3) is 4.41. The van der Waals surface area contributed by atoms with Crippen molar-refractivity contribution in [3.05, 3.63) is 77.0 Å². The summed E-state index contributed by atoms with van der Waals surface area (Å²) in [6.45, 7) is 1.96. The van der Waals surface area contributed by atoms with Crippen LogP contribution in [0.5, 0.6) is 0 Å². The van der Waals surface area contributed by atoms with Gasteiger partial charge in [-0.05, 0) is 19.1 Å². The maximum absolute atomic E-state index is 12.9. The Labute approximate surface area is 152 Å². The van der Waals surface area contributed by atoms with E-state index in [1.165, 1.54) is 18.2 Å². The average molecular weight is 372 g/mol. The van der Waals surface area contributed by atoms with E-state index in [9.17, 15) is 18.0 Å². The number of carbonyl (C=O) groups is 1. The van der Waals surface area contributed by atoms with Crippen molar-refractivity contribution in [3.8, 4) is 11.3 Å². The largest absolute Gasteiger partial charge is 0.417 e. The minimum Gasteiger partial charge on any atom is -0.272 e. The van der Waals surface area contributed by atoms with Gasteiger partial charge in [-0.2, -0.15) is 23.4 Å². The Morgan fingerprint density at radius 1 is 1.15 bits per heavy atom. The Morgan fingerprint density at radius 2 is 1.85 bits per heavy atom. The van der Waals surface area contributed by atoms with Crippen LogP contribution in [0.25, 0.3) is 11.3 Å². The number of aryl methyl sites for hydroxylation is 1. The molecule has 2 N–H and O–H groups in total. The van der Waals surface area contributed by atoms with Gasteiger partial charge in [-0.1, -0.05) is 48.0 Å². The number of aromatic amines is 1. The normalized spacial score (nSPS) is 11.7. The first-order chi connectivity index (χ1) is 12.8. The van der Waals surface area contributed by atoms with Crippen molar-refractivity contribution in [2.24, 2.45) is 5.10 Å². The summed E-state index contributed by atoms with van der Waals surface area (Å²) in [5, 5.41) is 10.3. The van der Waals surface area contributed by atoms with Crippen molar-refractivity contribution in [1.29, 1.82) is 0 Å². The summed E-state index contributed by atoms with van der Waals surface area (Å²) in [7, 11) is 0. The number of hydrogen-bond acceptors (Lipinski definition) is 3. The van der Waals surface area contributed by atoms with Gasteiger partial charge in [0.2, 0.25) is 0 Å². The van der Waals surface area contributed by atoms with Gasteiger partial charge in [-0.15, -0.1) is 0 Å². The highest BCUT2D eigenvalue weighted by molar-refractivity contribution is 5.94. The molecule has 2 aromatic carbocycles. The van der Waals surface area contributed by atoms with Crippen LogP contribution in [0.3, 0.4) is 0 Å². The number of nitrogens with one attached hydrogen (secondary N) is 2. The van der Waals surface area contributed by atoms with Crippen molar-refractivity contribution in [3.63, 3.8) is 0 Å². The van der Waals surface area contributed by atoms with Crippen LogP contribution in [0.4, 0.5) is 13.2 Å². The molecule has 1 aromatic heterocycles. The zero-order valence-corrected chi connectivity index (χ0v) is 14.2. The van der Waals surface area contributed by atoms with Gasteiger partial charge < -0.3 is 0 Å². The van der Waals surface area contributed by atoms with Crippen molar-refractivity contribution >= 4 is 12.1 Å². The summed E-state index contributed by atoms with van der Waals surface area (Å²) in [5.41, 5.74) is 3.87. The minimum absolute atomic E-state index is 0.143. The Morgan fingerprint density at radius 3 is 2.56 bits per heavy atom. The maximum Gasteiger partial charge on any atom is 0.417 e. The number of benzene rings is 2. The Hall–Kier alpha value is -3.42. The molecule has 5 nitrogen and oxygen atoms in total. The summed E-state index contributed by atoms with van der Waals surface area (Å²) in [6.07, 6.45) is -3.54. The number of nitrogens with zero attached hydrogens (tertiary/aromatic N) is 2. The molecule has 3 rings (SSSR count). The van der Waals surface area contributed by atoms with E-state index < -0.39 is 17.6 Å². The lowest BCUT2D eigenvalue weighted by Crippen LogP contribution is -2.18. The summed E-state index contributed by atoms with van der Waals surface area (Å²) in [4.78, 5) is 12.1. The molecule has 0 bridgehead atoms. The lowest BCUT2D eigenvalue weighted by molar-refractivity contribution is -0.137. The number of H-pyrrole nitrogens is 1. The molecule has 1 amide bonds. The van der Waals surface area contributed by atoms with Crippen LogP contribution in [0, 0.1) is 6.92 Å². The van der Waals surface area contributed by atoms with Crippen molar-refractivity contribution < 1.29 is 18.0 Å². The van der Waals surface area contributed by atoms with E-state index in [2.05, 4.69) is 20.7 Å². The first-order valence-corrected chi connectivity index (χ1v) is 7.96. The smallest absolute Gasteiger partial charge is 0.272 e. The topological polar surface area (TPSA) is 70.1 Å². The number of halogens is 3. The molecule has 0 radical (unpaired) electrons. The van der Waals surface area contributed by atoms with E-state index >= 15 is 0 Å². The second-order valence-corrected chi connectivity index (χ2v) is 5.82. The van der Waals surface area contributed by atoms with E-state index in [-0.39, 0.29) is 11.3 Å². The standard InChI is InChI=1S/C19H15F3N4O/c1-12-6-8-13(9-7-12)16-10-17(25-24-16)18(27)26-23-11-14-4-2-3-5-15(14)19(20,21)22/h2-11H,1H3,(H,24,25)(H,26,27)/b23-11+. The fraction of sp³-hybridized carbons (Fsp3) is 0.105. The van der Waals surface area contributed by atoms with Gasteiger partial charge in [-0.3, -0.25) is 9.89 Å². The number of alkyl halides is 3. The van der Waals surface area contributed by atoms with Crippen molar-refractivity contribution in [2.45, 2.75) is 13.1 Å². The predicted molar refractivity (Wildman–Crippen MR) is 95.3 cm³/mol. The molecule has 8 heteroatoms. The molecule has 0 spiro atoms. The van der Waals surface area contributed by atoms with Crippen LogP contribution >= 0.6 is 0 Å². The Bertz CT molecular complexity index is 975. The summed E-state index contributed by atoms with van der Waals surface area (Å²) >= 11 is 0. The molecule has 0 atom stereocenters. The maximum atomic E-state index is 12.9. The third-order valence-electron chi connectivity index (χ3n) is 3.81. The average Bonchev–Trinajstić information content (AvgIpc) is 3.12. The van der Waals surface area contributed by atoms with Gasteiger partial charge in [0.1, 0.15) is 5.69 Å². The lowest BCUT2D eigenvalue weighted by atomic mass is 10.1.